The summed E-state index contributed by atoms with van der Waals surface area (Å²) in [5.74, 6) is -4.27. The maximum Gasteiger partial charge on any atom is 0.323 e. The Morgan fingerprint density at radius 1 is 0.633 bits per heavy atom. The van der Waals surface area contributed by atoms with E-state index >= 15 is 0 Å². The summed E-state index contributed by atoms with van der Waals surface area (Å²) in [5, 5.41) is 8.83. The van der Waals surface area contributed by atoms with E-state index in [-0.39, 0.29) is 44.2 Å². The summed E-state index contributed by atoms with van der Waals surface area (Å²) >= 11 is 0. The van der Waals surface area contributed by atoms with Gasteiger partial charge in [-0.2, -0.15) is 0 Å². The zero-order chi connectivity index (χ0) is 24.1. The zero-order valence-corrected chi connectivity index (χ0v) is 18.7. The minimum atomic E-state index is -1.76. The first-order valence-electron chi connectivity index (χ1n) is 9.46. The number of ketones is 2. The Kier molecular flexibility index (Phi) is 13.2. The zero-order valence-electron chi connectivity index (χ0n) is 18.7. The van der Waals surface area contributed by atoms with Crippen LogP contribution in [0.5, 0.6) is 0 Å². The van der Waals surface area contributed by atoms with E-state index in [1.807, 2.05) is 0 Å². The third kappa shape index (κ3) is 9.15. The molecule has 0 aliphatic carbocycles. The van der Waals surface area contributed by atoms with Crippen molar-refractivity contribution in [3.63, 3.8) is 0 Å². The molecule has 0 saturated heterocycles. The Hall–Kier alpha value is -2.78. The third-order valence-corrected chi connectivity index (χ3v) is 3.85. The fourth-order valence-corrected chi connectivity index (χ4v) is 2.33. The number of Topliss-reactive ketones (excluding diaryl/α,β-unsaturated/α-hetero) is 2. The number of carbonyl (C=O) groups excluding carboxylic acids is 5. The van der Waals surface area contributed by atoms with Crippen LogP contribution >= 0.6 is 0 Å². The largest absolute Gasteiger partial charge is 0.480 e. The van der Waals surface area contributed by atoms with Gasteiger partial charge in [0, 0.05) is 12.8 Å². The van der Waals surface area contributed by atoms with E-state index in [0.29, 0.717) is 0 Å². The second-order valence-electron chi connectivity index (χ2n) is 6.89. The summed E-state index contributed by atoms with van der Waals surface area (Å²) in [6, 6.07) is 0. The van der Waals surface area contributed by atoms with Gasteiger partial charge in [0.05, 0.1) is 19.8 Å². The molecule has 0 fully saturated rings. The molecule has 0 aromatic rings. The SMILES string of the molecule is CCOC(=O)C(C)(CC(C)=O)C(=O)O.CCOC(=O)C(C)(CC(C)=O)C(=O)OCC. The smallest absolute Gasteiger partial charge is 0.323 e. The van der Waals surface area contributed by atoms with Crippen molar-refractivity contribution in [2.45, 2.75) is 61.3 Å². The minimum absolute atomic E-state index is 0.0968. The number of hydrogen-bond acceptors (Lipinski definition) is 9. The van der Waals surface area contributed by atoms with Crippen molar-refractivity contribution < 1.29 is 48.1 Å². The lowest BCUT2D eigenvalue weighted by atomic mass is 9.85. The van der Waals surface area contributed by atoms with Crippen LogP contribution in [0.25, 0.3) is 0 Å². The maximum absolute atomic E-state index is 11.6. The molecule has 0 rings (SSSR count). The van der Waals surface area contributed by atoms with E-state index in [2.05, 4.69) is 4.74 Å². The van der Waals surface area contributed by atoms with Crippen LogP contribution in [0, 0.1) is 10.8 Å². The van der Waals surface area contributed by atoms with Crippen molar-refractivity contribution in [3.8, 4) is 0 Å². The van der Waals surface area contributed by atoms with Gasteiger partial charge in [0.15, 0.2) is 10.8 Å². The molecular formula is C20H32O10. The lowest BCUT2D eigenvalue weighted by molar-refractivity contribution is -0.172. The van der Waals surface area contributed by atoms with Crippen LogP contribution in [0.15, 0.2) is 0 Å². The maximum atomic E-state index is 11.6. The number of rotatable bonds is 11. The predicted molar refractivity (Wildman–Crippen MR) is 104 cm³/mol. The molecule has 0 saturated carbocycles. The van der Waals surface area contributed by atoms with Gasteiger partial charge in [-0.3, -0.25) is 28.8 Å². The fraction of sp³-hybridized carbons (Fsp3) is 0.700. The van der Waals surface area contributed by atoms with Gasteiger partial charge < -0.3 is 19.3 Å². The molecule has 0 spiro atoms. The first-order chi connectivity index (χ1) is 13.7. The van der Waals surface area contributed by atoms with Crippen LogP contribution < -0.4 is 0 Å². The summed E-state index contributed by atoms with van der Waals surface area (Å²) < 4.78 is 14.2. The summed E-state index contributed by atoms with van der Waals surface area (Å²) in [5.41, 5.74) is -3.29. The molecule has 0 amide bonds. The van der Waals surface area contributed by atoms with Gasteiger partial charge in [-0.25, -0.2) is 0 Å². The van der Waals surface area contributed by atoms with Crippen molar-refractivity contribution in [3.05, 3.63) is 0 Å². The molecule has 0 aliphatic rings. The Balaban J connectivity index is 0. The van der Waals surface area contributed by atoms with Gasteiger partial charge in [0.25, 0.3) is 0 Å². The normalized spacial score (nSPS) is 12.4. The van der Waals surface area contributed by atoms with E-state index < -0.39 is 34.7 Å². The van der Waals surface area contributed by atoms with Crippen LogP contribution in [0.4, 0.5) is 0 Å². The first kappa shape index (κ1) is 29.4. The average molecular weight is 432 g/mol. The molecule has 0 bridgehead atoms. The highest BCUT2D eigenvalue weighted by Crippen LogP contribution is 2.26. The lowest BCUT2D eigenvalue weighted by Crippen LogP contribution is -2.41. The van der Waals surface area contributed by atoms with Gasteiger partial charge in [-0.1, -0.05) is 0 Å². The molecule has 10 nitrogen and oxygen atoms in total. The summed E-state index contributed by atoms with van der Waals surface area (Å²) in [7, 11) is 0. The molecule has 0 radical (unpaired) electrons. The highest BCUT2D eigenvalue weighted by Gasteiger charge is 2.45. The van der Waals surface area contributed by atoms with Gasteiger partial charge >= 0.3 is 23.9 Å². The van der Waals surface area contributed by atoms with Crippen LogP contribution in [-0.4, -0.2) is 60.4 Å². The third-order valence-electron chi connectivity index (χ3n) is 3.85. The highest BCUT2D eigenvalue weighted by molar-refractivity contribution is 6.03. The molecule has 1 N–H and O–H groups in total. The summed E-state index contributed by atoms with van der Waals surface area (Å²) in [4.78, 5) is 67.3. The minimum Gasteiger partial charge on any atom is -0.480 e. The standard InChI is InChI=1S/C11H18O5.C9H14O5/c1-5-15-9(13)11(4,7-8(3)12)10(14)16-6-2;1-4-14-8(13)9(3,7(11)12)5-6(2)10/h5-7H2,1-4H3;4-5H2,1-3H3,(H,11,12). The summed E-state index contributed by atoms with van der Waals surface area (Å²) in [6.45, 7) is 10.4. The van der Waals surface area contributed by atoms with Crippen LogP contribution in [0.3, 0.4) is 0 Å². The van der Waals surface area contributed by atoms with E-state index in [1.54, 1.807) is 20.8 Å². The van der Waals surface area contributed by atoms with E-state index in [9.17, 15) is 28.8 Å². The molecule has 1 unspecified atom stereocenters. The highest BCUT2D eigenvalue weighted by atomic mass is 16.6. The molecule has 0 heterocycles. The molecule has 0 aliphatic heterocycles. The van der Waals surface area contributed by atoms with E-state index in [4.69, 9.17) is 14.6 Å². The second kappa shape index (κ2) is 13.4. The molecule has 172 valence electrons. The topological polar surface area (TPSA) is 150 Å². The van der Waals surface area contributed by atoms with Crippen molar-refractivity contribution in [2.75, 3.05) is 19.8 Å². The van der Waals surface area contributed by atoms with Gasteiger partial charge in [-0.15, -0.1) is 0 Å². The number of ether oxygens (including phenoxy) is 3. The number of aliphatic carboxylic acids is 1. The molecule has 10 heteroatoms. The number of hydrogen-bond donors (Lipinski definition) is 1. The van der Waals surface area contributed by atoms with Crippen LogP contribution in [0.1, 0.15) is 61.3 Å². The second-order valence-corrected chi connectivity index (χ2v) is 6.89. The Bertz CT molecular complexity index is 634. The quantitative estimate of drug-likeness (QED) is 0.290. The Labute approximate surface area is 176 Å². The van der Waals surface area contributed by atoms with E-state index in [1.165, 1.54) is 27.7 Å². The number of carboxylic acids is 1. The predicted octanol–water partition coefficient (Wildman–Crippen LogP) is 1.72. The Morgan fingerprint density at radius 3 is 1.13 bits per heavy atom. The molecule has 30 heavy (non-hydrogen) atoms. The number of carboxylic acid groups (broad SMARTS) is 1. The van der Waals surface area contributed by atoms with Crippen LogP contribution in [-0.2, 0) is 43.0 Å². The number of carbonyl (C=O) groups is 6. The van der Waals surface area contributed by atoms with E-state index in [0.717, 1.165) is 0 Å². The summed E-state index contributed by atoms with van der Waals surface area (Å²) in [6.07, 6.45) is -0.550. The van der Waals surface area contributed by atoms with Crippen molar-refractivity contribution >= 4 is 35.4 Å². The van der Waals surface area contributed by atoms with Crippen molar-refractivity contribution in [1.29, 1.82) is 0 Å². The number of esters is 3. The van der Waals surface area contributed by atoms with Crippen LogP contribution in [0.2, 0.25) is 0 Å². The van der Waals surface area contributed by atoms with Gasteiger partial charge in [0.2, 0.25) is 0 Å². The average Bonchev–Trinajstić information content (AvgIpc) is 2.61. The monoisotopic (exact) mass is 432 g/mol. The Morgan fingerprint density at radius 2 is 0.900 bits per heavy atom. The van der Waals surface area contributed by atoms with Gasteiger partial charge in [0.1, 0.15) is 11.6 Å². The van der Waals surface area contributed by atoms with Crippen molar-refractivity contribution in [2.24, 2.45) is 10.8 Å². The lowest BCUT2D eigenvalue weighted by Gasteiger charge is -2.23. The van der Waals surface area contributed by atoms with Gasteiger partial charge in [-0.05, 0) is 48.5 Å². The molecular weight excluding hydrogens is 400 g/mol. The van der Waals surface area contributed by atoms with Crippen molar-refractivity contribution in [1.82, 2.24) is 0 Å². The molecule has 1 atom stereocenters. The molecule has 0 aromatic heterocycles. The molecule has 0 aromatic carbocycles. The fourth-order valence-electron chi connectivity index (χ4n) is 2.33. The first-order valence-corrected chi connectivity index (χ1v) is 9.46.